The molecule has 4 nitrogen and oxygen atoms in total. The van der Waals surface area contributed by atoms with Crippen LogP contribution in [0.1, 0.15) is 22.8 Å². The predicted molar refractivity (Wildman–Crippen MR) is 115 cm³/mol. The van der Waals surface area contributed by atoms with Crippen LogP contribution in [-0.2, 0) is 5.75 Å². The first-order chi connectivity index (χ1) is 13.7. The molecule has 28 heavy (non-hydrogen) atoms. The molecule has 3 rings (SSSR count). The fraction of sp³-hybridized carbons (Fsp3) is 0.174. The number of hydrogen-bond acceptors (Lipinski definition) is 4. The van der Waals surface area contributed by atoms with Gasteiger partial charge in [-0.3, -0.25) is 4.79 Å². The maximum absolute atomic E-state index is 12.7. The minimum atomic E-state index is -0.155. The normalized spacial score (nSPS) is 10.4. The Hall–Kier alpha value is -2.92. The van der Waals surface area contributed by atoms with Gasteiger partial charge in [-0.2, -0.15) is 0 Å². The lowest BCUT2D eigenvalue weighted by molar-refractivity contribution is 0.102. The van der Waals surface area contributed by atoms with E-state index in [0.29, 0.717) is 12.2 Å². The summed E-state index contributed by atoms with van der Waals surface area (Å²) in [6, 6.07) is 23.0. The van der Waals surface area contributed by atoms with Crippen LogP contribution in [0.3, 0.4) is 0 Å². The Labute approximate surface area is 169 Å². The summed E-state index contributed by atoms with van der Waals surface area (Å²) in [7, 11) is 1.64. The van der Waals surface area contributed by atoms with Crippen molar-refractivity contribution in [2.24, 2.45) is 0 Å². The van der Waals surface area contributed by atoms with E-state index >= 15 is 0 Å². The van der Waals surface area contributed by atoms with E-state index in [4.69, 9.17) is 9.47 Å². The van der Waals surface area contributed by atoms with E-state index < -0.39 is 0 Å². The summed E-state index contributed by atoms with van der Waals surface area (Å²) in [5, 5.41) is 2.92. The molecular weight excluding hydrogens is 370 g/mol. The highest BCUT2D eigenvalue weighted by Gasteiger charge is 2.11. The maximum atomic E-state index is 12.7. The largest absolute Gasteiger partial charge is 0.496 e. The first-order valence-electron chi connectivity index (χ1n) is 9.08. The van der Waals surface area contributed by atoms with Gasteiger partial charge in [-0.25, -0.2) is 0 Å². The monoisotopic (exact) mass is 393 g/mol. The number of benzene rings is 3. The van der Waals surface area contributed by atoms with Crippen molar-refractivity contribution < 1.29 is 14.3 Å². The summed E-state index contributed by atoms with van der Waals surface area (Å²) < 4.78 is 10.9. The molecule has 0 spiro atoms. The molecule has 3 aromatic carbocycles. The molecule has 0 atom stereocenters. The number of nitrogens with one attached hydrogen (secondary N) is 1. The fourth-order valence-corrected chi connectivity index (χ4v) is 3.61. The molecule has 0 bridgehead atoms. The second-order valence-corrected chi connectivity index (χ2v) is 7.09. The van der Waals surface area contributed by atoms with Crippen LogP contribution in [0.4, 0.5) is 5.69 Å². The van der Waals surface area contributed by atoms with E-state index in [9.17, 15) is 4.79 Å². The summed E-state index contributed by atoms with van der Waals surface area (Å²) in [5.41, 5.74) is 2.30. The minimum absolute atomic E-state index is 0.155. The van der Waals surface area contributed by atoms with Gasteiger partial charge in [0, 0.05) is 27.5 Å². The van der Waals surface area contributed by atoms with Crippen LogP contribution in [0.15, 0.2) is 77.7 Å². The molecule has 0 saturated heterocycles. The highest BCUT2D eigenvalue weighted by atomic mass is 32.2. The summed E-state index contributed by atoms with van der Waals surface area (Å²) in [6.45, 7) is 2.55. The Kier molecular flexibility index (Phi) is 6.98. The molecule has 0 saturated carbocycles. The Morgan fingerprint density at radius 3 is 2.43 bits per heavy atom. The van der Waals surface area contributed by atoms with Gasteiger partial charge in [0.15, 0.2) is 0 Å². The van der Waals surface area contributed by atoms with E-state index in [2.05, 4.69) is 17.4 Å². The topological polar surface area (TPSA) is 47.6 Å². The molecule has 0 aliphatic heterocycles. The molecule has 1 amide bonds. The van der Waals surface area contributed by atoms with Gasteiger partial charge in [0.25, 0.3) is 5.91 Å². The highest BCUT2D eigenvalue weighted by molar-refractivity contribution is 7.98. The third-order valence-electron chi connectivity index (χ3n) is 4.10. The molecule has 0 aromatic heterocycles. The van der Waals surface area contributed by atoms with Gasteiger partial charge in [0.05, 0.1) is 13.7 Å². The molecule has 0 unspecified atom stereocenters. The number of thioether (sulfide) groups is 1. The van der Waals surface area contributed by atoms with Crippen molar-refractivity contribution in [2.75, 3.05) is 19.0 Å². The molecule has 0 aliphatic rings. The molecule has 0 radical (unpaired) electrons. The lowest BCUT2D eigenvalue weighted by Gasteiger charge is -2.12. The van der Waals surface area contributed by atoms with Crippen LogP contribution in [0.25, 0.3) is 0 Å². The number of anilines is 1. The number of ether oxygens (including phenoxy) is 2. The van der Waals surface area contributed by atoms with Gasteiger partial charge in [-0.15, -0.1) is 11.8 Å². The quantitative estimate of drug-likeness (QED) is 0.503. The van der Waals surface area contributed by atoms with Gasteiger partial charge < -0.3 is 14.8 Å². The molecular formula is C23H23NO3S. The Balaban J connectivity index is 1.71. The van der Waals surface area contributed by atoms with Crippen LogP contribution in [-0.4, -0.2) is 19.6 Å². The average molecular weight is 394 g/mol. The van der Waals surface area contributed by atoms with Gasteiger partial charge in [-0.05, 0) is 61.5 Å². The number of hydrogen-bond donors (Lipinski definition) is 1. The molecule has 3 aromatic rings. The molecule has 0 heterocycles. The number of carbonyl (C=O) groups is 1. The van der Waals surface area contributed by atoms with E-state index in [1.807, 2.05) is 61.5 Å². The second-order valence-electron chi connectivity index (χ2n) is 6.04. The zero-order valence-corrected chi connectivity index (χ0v) is 16.8. The second kappa shape index (κ2) is 9.85. The zero-order valence-electron chi connectivity index (χ0n) is 16.0. The van der Waals surface area contributed by atoms with Crippen molar-refractivity contribution in [2.45, 2.75) is 17.6 Å². The van der Waals surface area contributed by atoms with Crippen LogP contribution < -0.4 is 14.8 Å². The van der Waals surface area contributed by atoms with E-state index in [1.165, 1.54) is 4.90 Å². The third kappa shape index (κ3) is 5.30. The minimum Gasteiger partial charge on any atom is -0.496 e. The summed E-state index contributed by atoms with van der Waals surface area (Å²) in [5.74, 6) is 2.13. The van der Waals surface area contributed by atoms with Crippen LogP contribution >= 0.6 is 11.8 Å². The number of methoxy groups -OCH3 is 1. The standard InChI is InChI=1S/C23H23NO3S/c1-3-27-20-12-10-19(11-13-20)24-23(25)17-9-14-22(26-2)18(15-17)16-28-21-7-5-4-6-8-21/h4-15H,3,16H2,1-2H3,(H,24,25). The maximum Gasteiger partial charge on any atom is 0.255 e. The first kappa shape index (κ1) is 19.8. The van der Waals surface area contributed by atoms with Crippen LogP contribution in [0.5, 0.6) is 11.5 Å². The molecule has 0 aliphatic carbocycles. The van der Waals surface area contributed by atoms with E-state index in [0.717, 1.165) is 28.5 Å². The van der Waals surface area contributed by atoms with Crippen molar-refractivity contribution in [3.05, 3.63) is 83.9 Å². The number of rotatable bonds is 8. The van der Waals surface area contributed by atoms with Crippen molar-refractivity contribution >= 4 is 23.4 Å². The number of amides is 1. The highest BCUT2D eigenvalue weighted by Crippen LogP contribution is 2.29. The van der Waals surface area contributed by atoms with Crippen molar-refractivity contribution in [1.82, 2.24) is 0 Å². The average Bonchev–Trinajstić information content (AvgIpc) is 2.74. The molecule has 144 valence electrons. The number of carbonyl (C=O) groups excluding carboxylic acids is 1. The van der Waals surface area contributed by atoms with E-state index in [1.54, 1.807) is 24.9 Å². The summed E-state index contributed by atoms with van der Waals surface area (Å²) in [4.78, 5) is 13.8. The van der Waals surface area contributed by atoms with Gasteiger partial charge in [0.2, 0.25) is 0 Å². The van der Waals surface area contributed by atoms with E-state index in [-0.39, 0.29) is 5.91 Å². The zero-order chi connectivity index (χ0) is 19.8. The lowest BCUT2D eigenvalue weighted by atomic mass is 10.1. The fourth-order valence-electron chi connectivity index (χ4n) is 2.71. The van der Waals surface area contributed by atoms with Crippen molar-refractivity contribution in [3.63, 3.8) is 0 Å². The smallest absolute Gasteiger partial charge is 0.255 e. The van der Waals surface area contributed by atoms with Crippen LogP contribution in [0, 0.1) is 0 Å². The SMILES string of the molecule is CCOc1ccc(NC(=O)c2ccc(OC)c(CSc3ccccc3)c2)cc1. The van der Waals surface area contributed by atoms with Crippen molar-refractivity contribution in [3.8, 4) is 11.5 Å². The van der Waals surface area contributed by atoms with Gasteiger partial charge in [-0.1, -0.05) is 18.2 Å². The molecule has 0 fully saturated rings. The third-order valence-corrected chi connectivity index (χ3v) is 5.16. The van der Waals surface area contributed by atoms with Crippen LogP contribution in [0.2, 0.25) is 0 Å². The van der Waals surface area contributed by atoms with Crippen molar-refractivity contribution in [1.29, 1.82) is 0 Å². The lowest BCUT2D eigenvalue weighted by Crippen LogP contribution is -2.12. The summed E-state index contributed by atoms with van der Waals surface area (Å²) >= 11 is 1.71. The Morgan fingerprint density at radius 2 is 1.75 bits per heavy atom. The van der Waals surface area contributed by atoms with Gasteiger partial charge >= 0.3 is 0 Å². The Morgan fingerprint density at radius 1 is 1.00 bits per heavy atom. The van der Waals surface area contributed by atoms with Gasteiger partial charge in [0.1, 0.15) is 11.5 Å². The first-order valence-corrected chi connectivity index (χ1v) is 10.1. The molecule has 5 heteroatoms. The molecule has 1 N–H and O–H groups in total. The predicted octanol–water partition coefficient (Wildman–Crippen LogP) is 5.64. The Bertz CT molecular complexity index is 911. The summed E-state index contributed by atoms with van der Waals surface area (Å²) in [6.07, 6.45) is 0.